The van der Waals surface area contributed by atoms with E-state index in [9.17, 15) is 0 Å². The van der Waals surface area contributed by atoms with Gasteiger partial charge in [-0.1, -0.05) is 17.3 Å². The van der Waals surface area contributed by atoms with E-state index in [0.29, 0.717) is 30.5 Å². The molecule has 1 aromatic carbocycles. The molecule has 0 radical (unpaired) electrons. The Hall–Kier alpha value is -2.76. The zero-order valence-electron chi connectivity index (χ0n) is 17.1. The van der Waals surface area contributed by atoms with Crippen LogP contribution in [0, 0.1) is 13.8 Å². The van der Waals surface area contributed by atoms with Crippen LogP contribution in [0.15, 0.2) is 35.8 Å². The van der Waals surface area contributed by atoms with Crippen LogP contribution in [-0.4, -0.2) is 35.6 Å². The average Bonchev–Trinajstić information content (AvgIpc) is 2.98. The van der Waals surface area contributed by atoms with Gasteiger partial charge in [0.05, 0.1) is 12.9 Å². The smallest absolute Gasteiger partial charge is 0.223 e. The standard InChI is InChI=1S/C21H29N3O3/c1-7-8-10-26-18-12-15(2)19(16(3)13-18)9-11-27-21-20(17(4)23-25-6)22-14-24(21)5/h7-8,12-14H,9-11H2,1-6H3/b8-7+,23-17?. The van der Waals surface area contributed by atoms with Crippen LogP contribution in [0.4, 0.5) is 0 Å². The van der Waals surface area contributed by atoms with Gasteiger partial charge >= 0.3 is 0 Å². The Labute approximate surface area is 161 Å². The molecule has 146 valence electrons. The molecule has 0 atom stereocenters. The highest BCUT2D eigenvalue weighted by atomic mass is 16.6. The van der Waals surface area contributed by atoms with Gasteiger partial charge in [-0.2, -0.15) is 0 Å². The maximum absolute atomic E-state index is 6.02. The van der Waals surface area contributed by atoms with E-state index in [0.717, 1.165) is 12.2 Å². The molecule has 6 heteroatoms. The van der Waals surface area contributed by atoms with Crippen LogP contribution in [0.1, 0.15) is 36.2 Å². The number of rotatable bonds is 9. The largest absolute Gasteiger partial charge is 0.490 e. The van der Waals surface area contributed by atoms with Crippen LogP contribution in [0.25, 0.3) is 0 Å². The molecule has 0 unspecified atom stereocenters. The van der Waals surface area contributed by atoms with Gasteiger partial charge in [0, 0.05) is 13.5 Å². The summed E-state index contributed by atoms with van der Waals surface area (Å²) in [5.41, 5.74) is 5.07. The Kier molecular flexibility index (Phi) is 7.46. The van der Waals surface area contributed by atoms with Crippen LogP contribution in [0.3, 0.4) is 0 Å². The predicted molar refractivity (Wildman–Crippen MR) is 108 cm³/mol. The van der Waals surface area contributed by atoms with Crippen molar-refractivity contribution in [3.8, 4) is 11.6 Å². The monoisotopic (exact) mass is 371 g/mol. The molecule has 1 aromatic heterocycles. The number of oxime groups is 1. The molecule has 0 saturated carbocycles. The summed E-state index contributed by atoms with van der Waals surface area (Å²) in [6.07, 6.45) is 6.49. The van der Waals surface area contributed by atoms with Crippen molar-refractivity contribution in [3.05, 3.63) is 53.0 Å². The number of hydrogen-bond donors (Lipinski definition) is 0. The number of hydrogen-bond acceptors (Lipinski definition) is 5. The van der Waals surface area contributed by atoms with Crippen molar-refractivity contribution >= 4 is 5.71 Å². The van der Waals surface area contributed by atoms with Crippen LogP contribution < -0.4 is 9.47 Å². The van der Waals surface area contributed by atoms with Gasteiger partial charge in [0.15, 0.2) is 0 Å². The molecule has 0 amide bonds. The molecule has 27 heavy (non-hydrogen) atoms. The lowest BCUT2D eigenvalue weighted by molar-refractivity contribution is 0.213. The van der Waals surface area contributed by atoms with Crippen molar-refractivity contribution < 1.29 is 14.3 Å². The van der Waals surface area contributed by atoms with Crippen LogP contribution in [0.2, 0.25) is 0 Å². The minimum absolute atomic E-state index is 0.549. The number of ether oxygens (including phenoxy) is 2. The molecular weight excluding hydrogens is 342 g/mol. The fourth-order valence-electron chi connectivity index (χ4n) is 2.94. The van der Waals surface area contributed by atoms with E-state index in [4.69, 9.17) is 14.3 Å². The summed E-state index contributed by atoms with van der Waals surface area (Å²) in [6, 6.07) is 4.16. The normalized spacial score (nSPS) is 11.9. The van der Waals surface area contributed by atoms with Gasteiger partial charge in [-0.3, -0.25) is 0 Å². The molecule has 0 N–H and O–H groups in total. The highest BCUT2D eigenvalue weighted by Crippen LogP contribution is 2.23. The molecule has 0 aliphatic rings. The molecule has 2 rings (SSSR count). The molecule has 0 fully saturated rings. The van der Waals surface area contributed by atoms with Gasteiger partial charge in [0.2, 0.25) is 5.88 Å². The summed E-state index contributed by atoms with van der Waals surface area (Å²) in [4.78, 5) is 9.19. The number of aryl methyl sites for hydroxylation is 3. The van der Waals surface area contributed by atoms with Gasteiger partial charge in [0.25, 0.3) is 0 Å². The molecule has 0 aliphatic heterocycles. The van der Waals surface area contributed by atoms with E-state index in [-0.39, 0.29) is 0 Å². The third kappa shape index (κ3) is 5.36. The molecular formula is C21H29N3O3. The SMILES string of the molecule is C/C=C/COc1cc(C)c(CCOc2c(C(C)=NOC)ncn2C)c(C)c1. The maximum atomic E-state index is 6.02. The van der Waals surface area contributed by atoms with E-state index < -0.39 is 0 Å². The average molecular weight is 371 g/mol. The van der Waals surface area contributed by atoms with Crippen molar-refractivity contribution in [2.24, 2.45) is 12.2 Å². The first-order valence-corrected chi connectivity index (χ1v) is 9.04. The molecule has 0 spiro atoms. The zero-order valence-corrected chi connectivity index (χ0v) is 17.1. The lowest BCUT2D eigenvalue weighted by Gasteiger charge is -2.14. The molecule has 0 bridgehead atoms. The molecule has 0 saturated heterocycles. The minimum atomic E-state index is 0.549. The second-order valence-electron chi connectivity index (χ2n) is 6.38. The third-order valence-corrected chi connectivity index (χ3v) is 4.30. The molecule has 1 heterocycles. The second kappa shape index (κ2) is 9.80. The van der Waals surface area contributed by atoms with Gasteiger partial charge < -0.3 is 18.9 Å². The van der Waals surface area contributed by atoms with Crippen molar-refractivity contribution in [2.45, 2.75) is 34.1 Å². The molecule has 2 aromatic rings. The van der Waals surface area contributed by atoms with E-state index in [2.05, 4.69) is 36.1 Å². The van der Waals surface area contributed by atoms with Crippen molar-refractivity contribution in [3.63, 3.8) is 0 Å². The number of allylic oxidation sites excluding steroid dienone is 1. The number of aromatic nitrogens is 2. The van der Waals surface area contributed by atoms with Crippen molar-refractivity contribution in [1.82, 2.24) is 9.55 Å². The van der Waals surface area contributed by atoms with E-state index in [1.54, 1.807) is 6.33 Å². The summed E-state index contributed by atoms with van der Waals surface area (Å²) >= 11 is 0. The third-order valence-electron chi connectivity index (χ3n) is 4.30. The Morgan fingerprint density at radius 1 is 1.22 bits per heavy atom. The van der Waals surface area contributed by atoms with E-state index in [1.807, 2.05) is 37.6 Å². The summed E-state index contributed by atoms with van der Waals surface area (Å²) in [5, 5.41) is 3.95. The van der Waals surface area contributed by atoms with Gasteiger partial charge in [-0.15, -0.1) is 0 Å². The Bertz CT molecular complexity index is 799. The van der Waals surface area contributed by atoms with Gasteiger partial charge in [-0.25, -0.2) is 4.98 Å². The lowest BCUT2D eigenvalue weighted by atomic mass is 10.00. The van der Waals surface area contributed by atoms with Gasteiger partial charge in [-0.05, 0) is 56.5 Å². The molecule has 0 aliphatic carbocycles. The maximum Gasteiger partial charge on any atom is 0.223 e. The minimum Gasteiger partial charge on any atom is -0.490 e. The van der Waals surface area contributed by atoms with Crippen LogP contribution >= 0.6 is 0 Å². The first-order valence-electron chi connectivity index (χ1n) is 9.04. The van der Waals surface area contributed by atoms with Crippen molar-refractivity contribution in [2.75, 3.05) is 20.3 Å². The van der Waals surface area contributed by atoms with Crippen LogP contribution in [0.5, 0.6) is 11.6 Å². The Balaban J connectivity index is 2.06. The lowest BCUT2D eigenvalue weighted by Crippen LogP contribution is -2.09. The number of benzene rings is 1. The number of nitrogens with zero attached hydrogens (tertiary/aromatic N) is 3. The summed E-state index contributed by atoms with van der Waals surface area (Å²) in [5.74, 6) is 1.59. The zero-order chi connectivity index (χ0) is 19.8. The fourth-order valence-corrected chi connectivity index (χ4v) is 2.94. The summed E-state index contributed by atoms with van der Waals surface area (Å²) < 4.78 is 13.6. The summed E-state index contributed by atoms with van der Waals surface area (Å²) in [6.45, 7) is 9.18. The highest BCUT2D eigenvalue weighted by Gasteiger charge is 2.14. The van der Waals surface area contributed by atoms with Crippen LogP contribution in [-0.2, 0) is 18.3 Å². The summed E-state index contributed by atoms with van der Waals surface area (Å²) in [7, 11) is 3.42. The molecule has 6 nitrogen and oxygen atoms in total. The van der Waals surface area contributed by atoms with E-state index in [1.165, 1.54) is 23.8 Å². The number of imidazole rings is 1. The Morgan fingerprint density at radius 2 is 1.93 bits per heavy atom. The Morgan fingerprint density at radius 3 is 2.56 bits per heavy atom. The first kappa shape index (κ1) is 20.6. The van der Waals surface area contributed by atoms with Gasteiger partial charge in [0.1, 0.15) is 30.9 Å². The van der Waals surface area contributed by atoms with Crippen molar-refractivity contribution in [1.29, 1.82) is 0 Å². The fraction of sp³-hybridized carbons (Fsp3) is 0.429. The van der Waals surface area contributed by atoms with E-state index >= 15 is 0 Å². The predicted octanol–water partition coefficient (Wildman–Crippen LogP) is 3.98. The topological polar surface area (TPSA) is 57.9 Å². The highest BCUT2D eigenvalue weighted by molar-refractivity contribution is 5.98. The second-order valence-corrected chi connectivity index (χ2v) is 6.38. The first-order chi connectivity index (χ1) is 13.0. The quantitative estimate of drug-likeness (QED) is 0.380.